The van der Waals surface area contributed by atoms with Crippen LogP contribution in [-0.2, 0) is 49.5 Å². The predicted molar refractivity (Wildman–Crippen MR) is 154 cm³/mol. The molecule has 222 valence electrons. The molecule has 11 heteroatoms. The molecule has 0 saturated carbocycles. The van der Waals surface area contributed by atoms with Gasteiger partial charge in [0.05, 0.1) is 34.4 Å². The van der Waals surface area contributed by atoms with Gasteiger partial charge in [-0.25, -0.2) is 14.4 Å². The molecule has 0 aromatic heterocycles. The summed E-state index contributed by atoms with van der Waals surface area (Å²) < 4.78 is 17.6. The Balaban J connectivity index is -0.000000208. The molecule has 0 aliphatic rings. The standard InChI is InChI=1S/C10H12O.C6H8O4.C5H8O2.C4H7NO.C4H6O2/c1-3-9-4-6-10(7-5-9)8-11-2;1-4(3-5(7)8)6(9)10-2;1-4(2)5(6)7-3;1-3-4(6)5-2;1-3-4(5)6-2/h3-7H,1,8H2,2H3;1,3H2,2H3,(H,7,8);1H2,2-3H3;3H,1H2,2H3,(H,5,6);3H,1H2,2H3. The number of aliphatic carboxylic acids is 1. The summed E-state index contributed by atoms with van der Waals surface area (Å²) in [5.74, 6) is -2.65. The third-order valence-electron chi connectivity index (χ3n) is 3.70. The maximum Gasteiger partial charge on any atom is 0.333 e. The van der Waals surface area contributed by atoms with Crippen molar-refractivity contribution in [2.75, 3.05) is 35.5 Å². The monoisotopic (exact) mass is 563 g/mol. The molecule has 1 aromatic carbocycles. The fraction of sp³-hybridized carbons (Fsp3) is 0.276. The molecular weight excluding hydrogens is 522 g/mol. The van der Waals surface area contributed by atoms with E-state index in [4.69, 9.17) is 9.84 Å². The van der Waals surface area contributed by atoms with Crippen molar-refractivity contribution in [1.29, 1.82) is 0 Å². The van der Waals surface area contributed by atoms with Crippen molar-refractivity contribution in [2.45, 2.75) is 20.0 Å². The molecule has 0 heterocycles. The van der Waals surface area contributed by atoms with E-state index in [9.17, 15) is 24.0 Å². The van der Waals surface area contributed by atoms with Gasteiger partial charge in [0.15, 0.2) is 0 Å². The van der Waals surface area contributed by atoms with Gasteiger partial charge in [-0.2, -0.15) is 0 Å². The van der Waals surface area contributed by atoms with Gasteiger partial charge in [0.1, 0.15) is 0 Å². The number of nitrogens with one attached hydrogen (secondary N) is 1. The molecule has 0 radical (unpaired) electrons. The number of carboxylic acids is 1. The zero-order valence-corrected chi connectivity index (χ0v) is 24.1. The first-order valence-corrected chi connectivity index (χ1v) is 11.2. The minimum Gasteiger partial charge on any atom is -0.481 e. The highest BCUT2D eigenvalue weighted by Gasteiger charge is 2.09. The quantitative estimate of drug-likeness (QED) is 0.258. The van der Waals surface area contributed by atoms with Crippen molar-refractivity contribution < 1.29 is 48.0 Å². The lowest BCUT2D eigenvalue weighted by atomic mass is 10.1. The normalized spacial score (nSPS) is 8.15. The summed E-state index contributed by atoms with van der Waals surface area (Å²) in [4.78, 5) is 50.4. The summed E-state index contributed by atoms with van der Waals surface area (Å²) >= 11 is 0. The lowest BCUT2D eigenvalue weighted by Gasteiger charge is -1.98. The molecule has 0 saturated heterocycles. The average molecular weight is 564 g/mol. The smallest absolute Gasteiger partial charge is 0.333 e. The van der Waals surface area contributed by atoms with Gasteiger partial charge < -0.3 is 29.4 Å². The van der Waals surface area contributed by atoms with E-state index in [1.807, 2.05) is 30.3 Å². The first-order chi connectivity index (χ1) is 18.7. The number of ether oxygens (including phenoxy) is 4. The molecular formula is C29H41NO10. The van der Waals surface area contributed by atoms with E-state index in [2.05, 4.69) is 52.4 Å². The van der Waals surface area contributed by atoms with Crippen molar-refractivity contribution in [3.8, 4) is 0 Å². The first kappa shape index (κ1) is 42.3. The zero-order valence-electron chi connectivity index (χ0n) is 24.1. The Kier molecular flexibility index (Phi) is 30.5. The molecule has 2 N–H and O–H groups in total. The van der Waals surface area contributed by atoms with Gasteiger partial charge in [-0.05, 0) is 24.1 Å². The predicted octanol–water partition coefficient (Wildman–Crippen LogP) is 3.67. The van der Waals surface area contributed by atoms with Gasteiger partial charge >= 0.3 is 23.9 Å². The van der Waals surface area contributed by atoms with Crippen LogP contribution in [0.3, 0.4) is 0 Å². The molecule has 0 atom stereocenters. The van der Waals surface area contributed by atoms with Crippen LogP contribution in [0.15, 0.2) is 80.5 Å². The number of carbonyl (C=O) groups is 5. The number of carboxylic acid groups (broad SMARTS) is 1. The van der Waals surface area contributed by atoms with Crippen LogP contribution in [0.2, 0.25) is 0 Å². The number of carbonyl (C=O) groups excluding carboxylic acids is 4. The van der Waals surface area contributed by atoms with Crippen molar-refractivity contribution in [3.05, 3.63) is 91.6 Å². The SMILES string of the molecule is C=C(C)C(=O)OC.C=C(CC(=O)O)C(=O)OC.C=CC(=O)NC.C=CC(=O)OC.C=Cc1ccc(COC)cc1. The summed E-state index contributed by atoms with van der Waals surface area (Å²) in [5.41, 5.74) is 2.72. The summed E-state index contributed by atoms with van der Waals surface area (Å²) in [7, 11) is 7.07. The lowest BCUT2D eigenvalue weighted by molar-refractivity contribution is -0.141. The summed E-state index contributed by atoms with van der Waals surface area (Å²) in [5, 5.41) is 10.5. The molecule has 0 bridgehead atoms. The van der Waals surface area contributed by atoms with E-state index in [1.54, 1.807) is 21.1 Å². The lowest BCUT2D eigenvalue weighted by Crippen LogP contribution is -2.13. The van der Waals surface area contributed by atoms with Crippen molar-refractivity contribution in [2.24, 2.45) is 0 Å². The number of hydrogen-bond acceptors (Lipinski definition) is 9. The minimum atomic E-state index is -1.09. The van der Waals surface area contributed by atoms with Gasteiger partial charge in [0.2, 0.25) is 5.91 Å². The number of rotatable bonds is 9. The van der Waals surface area contributed by atoms with E-state index in [1.165, 1.54) is 33.0 Å². The molecule has 0 fully saturated rings. The van der Waals surface area contributed by atoms with Gasteiger partial charge in [-0.3, -0.25) is 9.59 Å². The maximum atomic E-state index is 10.5. The summed E-state index contributed by atoms with van der Waals surface area (Å²) in [6, 6.07) is 8.14. The maximum absolute atomic E-state index is 10.5. The second-order valence-corrected chi connectivity index (χ2v) is 6.86. The number of esters is 3. The number of hydrogen-bond donors (Lipinski definition) is 2. The molecule has 0 aliphatic heterocycles. The van der Waals surface area contributed by atoms with Gasteiger partial charge in [0, 0.05) is 31.4 Å². The number of amides is 1. The molecule has 1 rings (SSSR count). The van der Waals surface area contributed by atoms with Crippen LogP contribution in [-0.4, -0.2) is 70.4 Å². The van der Waals surface area contributed by atoms with E-state index < -0.39 is 17.9 Å². The van der Waals surface area contributed by atoms with Gasteiger partial charge in [0.25, 0.3) is 0 Å². The Hall–Kier alpha value is -4.77. The Morgan fingerprint density at radius 3 is 1.55 bits per heavy atom. The van der Waals surface area contributed by atoms with Crippen molar-refractivity contribution in [1.82, 2.24) is 5.32 Å². The Labute approximate surface area is 236 Å². The molecule has 40 heavy (non-hydrogen) atoms. The van der Waals surface area contributed by atoms with E-state index in [0.717, 1.165) is 11.6 Å². The average Bonchev–Trinajstić information content (AvgIpc) is 2.96. The Morgan fingerprint density at radius 2 is 1.35 bits per heavy atom. The van der Waals surface area contributed by atoms with Crippen LogP contribution in [0.5, 0.6) is 0 Å². The fourth-order valence-electron chi connectivity index (χ4n) is 1.68. The third kappa shape index (κ3) is 29.5. The van der Waals surface area contributed by atoms with Crippen LogP contribution in [0.4, 0.5) is 0 Å². The van der Waals surface area contributed by atoms with Crippen molar-refractivity contribution in [3.63, 3.8) is 0 Å². The highest BCUT2D eigenvalue weighted by atomic mass is 16.5. The van der Waals surface area contributed by atoms with E-state index in [-0.39, 0.29) is 23.9 Å². The molecule has 0 unspecified atom stereocenters. The van der Waals surface area contributed by atoms with Crippen LogP contribution >= 0.6 is 0 Å². The van der Waals surface area contributed by atoms with E-state index in [0.29, 0.717) is 12.2 Å². The fourth-order valence-corrected chi connectivity index (χ4v) is 1.68. The second kappa shape index (κ2) is 28.8. The second-order valence-electron chi connectivity index (χ2n) is 6.86. The van der Waals surface area contributed by atoms with Crippen LogP contribution < -0.4 is 5.32 Å². The summed E-state index contributed by atoms with van der Waals surface area (Å²) in [6.45, 7) is 18.9. The highest BCUT2D eigenvalue weighted by Crippen LogP contribution is 2.05. The summed E-state index contributed by atoms with van der Waals surface area (Å²) in [6.07, 6.45) is 3.79. The Bertz CT molecular complexity index is 959. The molecule has 11 nitrogen and oxygen atoms in total. The molecule has 0 spiro atoms. The van der Waals surface area contributed by atoms with Crippen LogP contribution in [0.25, 0.3) is 6.08 Å². The Morgan fingerprint density at radius 1 is 0.850 bits per heavy atom. The minimum absolute atomic E-state index is 0.0463. The van der Waals surface area contributed by atoms with Crippen LogP contribution in [0.1, 0.15) is 24.5 Å². The van der Waals surface area contributed by atoms with Gasteiger partial charge in [-0.1, -0.05) is 63.2 Å². The first-order valence-electron chi connectivity index (χ1n) is 11.2. The highest BCUT2D eigenvalue weighted by molar-refractivity contribution is 5.92. The molecule has 0 aliphatic carbocycles. The van der Waals surface area contributed by atoms with E-state index >= 15 is 0 Å². The molecule has 1 aromatic rings. The largest absolute Gasteiger partial charge is 0.481 e. The molecule has 1 amide bonds. The van der Waals surface area contributed by atoms with Crippen LogP contribution in [0, 0.1) is 0 Å². The zero-order chi connectivity index (χ0) is 32.1. The number of benzene rings is 1. The van der Waals surface area contributed by atoms with Gasteiger partial charge in [-0.15, -0.1) is 0 Å². The third-order valence-corrected chi connectivity index (χ3v) is 3.70. The van der Waals surface area contributed by atoms with Crippen molar-refractivity contribution >= 4 is 35.9 Å². The number of methoxy groups -OCH3 is 4. The number of likely N-dealkylation sites (N-methyl/N-ethyl adjacent to an activating group) is 1. The topological polar surface area (TPSA) is 155 Å².